The van der Waals surface area contributed by atoms with E-state index >= 15 is 0 Å². The van der Waals surface area contributed by atoms with Gasteiger partial charge in [0.25, 0.3) is 0 Å². The summed E-state index contributed by atoms with van der Waals surface area (Å²) in [6.45, 7) is 5.32. The lowest BCUT2D eigenvalue weighted by atomic mass is 9.92. The molecule has 1 nitrogen and oxygen atoms in total. The number of unbranched alkanes of at least 4 members (excludes halogenated alkanes) is 1. The largest absolute Gasteiger partial charge is 0.293 e. The molecule has 0 aliphatic heterocycles. The van der Waals surface area contributed by atoms with Crippen molar-refractivity contribution in [1.29, 1.82) is 0 Å². The smallest absolute Gasteiger partial charge is 0.0389 e. The number of fused-ring (bicyclic) bond motifs is 1. The van der Waals surface area contributed by atoms with Crippen molar-refractivity contribution < 1.29 is 0 Å². The van der Waals surface area contributed by atoms with E-state index in [1.54, 1.807) is 0 Å². The van der Waals surface area contributed by atoms with E-state index in [4.69, 9.17) is 0 Å². The molecule has 2 aromatic rings. The molecule has 2 aromatic carbocycles. The molecule has 0 amide bonds. The zero-order chi connectivity index (χ0) is 15.4. The van der Waals surface area contributed by atoms with Crippen molar-refractivity contribution in [2.75, 3.05) is 6.54 Å². The van der Waals surface area contributed by atoms with Crippen molar-refractivity contribution in [1.82, 2.24) is 0 Å². The lowest BCUT2D eigenvalue weighted by molar-refractivity contribution is 0.810. The van der Waals surface area contributed by atoms with Gasteiger partial charge in [-0.2, -0.15) is 0 Å². The van der Waals surface area contributed by atoms with Gasteiger partial charge in [0.15, 0.2) is 0 Å². The van der Waals surface area contributed by atoms with Gasteiger partial charge in [0, 0.05) is 18.3 Å². The fourth-order valence-electron chi connectivity index (χ4n) is 3.04. The Hall–Kier alpha value is -2.15. The molecule has 0 fully saturated rings. The second-order valence-corrected chi connectivity index (χ2v) is 5.90. The topological polar surface area (TPSA) is 12.4 Å². The summed E-state index contributed by atoms with van der Waals surface area (Å²) < 4.78 is 0. The Morgan fingerprint density at radius 2 is 2.00 bits per heavy atom. The highest BCUT2D eigenvalue weighted by Gasteiger charge is 2.13. The molecular weight excluding hydrogens is 266 g/mol. The van der Waals surface area contributed by atoms with Gasteiger partial charge in [0.05, 0.1) is 0 Å². The normalized spacial score (nSPS) is 14.6. The molecule has 0 saturated carbocycles. The van der Waals surface area contributed by atoms with Gasteiger partial charge in [0.1, 0.15) is 0 Å². The minimum atomic E-state index is 0.912. The van der Waals surface area contributed by atoms with Crippen molar-refractivity contribution >= 4 is 22.6 Å². The van der Waals surface area contributed by atoms with E-state index in [9.17, 15) is 0 Å². The first kappa shape index (κ1) is 14.8. The zero-order valence-corrected chi connectivity index (χ0v) is 13.5. The quantitative estimate of drug-likeness (QED) is 0.488. The molecule has 1 aliphatic carbocycles. The van der Waals surface area contributed by atoms with E-state index in [-0.39, 0.29) is 0 Å². The maximum Gasteiger partial charge on any atom is 0.0389 e. The first-order valence-corrected chi connectivity index (χ1v) is 8.19. The second kappa shape index (κ2) is 6.74. The minimum absolute atomic E-state index is 0.912. The lowest BCUT2D eigenvalue weighted by Crippen LogP contribution is -1.96. The van der Waals surface area contributed by atoms with E-state index in [2.05, 4.69) is 73.6 Å². The number of nitrogens with zero attached hydrogens (tertiary/aromatic N) is 1. The molecule has 0 bridgehead atoms. The molecule has 1 aliphatic rings. The monoisotopic (exact) mass is 289 g/mol. The van der Waals surface area contributed by atoms with Crippen LogP contribution >= 0.6 is 0 Å². The van der Waals surface area contributed by atoms with Crippen molar-refractivity contribution in [3.8, 4) is 0 Å². The van der Waals surface area contributed by atoms with Crippen LogP contribution in [0.2, 0.25) is 0 Å². The molecule has 1 heteroatoms. The van der Waals surface area contributed by atoms with E-state index < -0.39 is 0 Å². The summed E-state index contributed by atoms with van der Waals surface area (Å²) in [5, 5.41) is 2.58. The Balaban J connectivity index is 2.11. The third-order valence-electron chi connectivity index (χ3n) is 4.32. The number of benzene rings is 2. The Bertz CT molecular complexity index is 763. The third kappa shape index (κ3) is 2.89. The number of allylic oxidation sites excluding steroid dienone is 4. The highest BCUT2D eigenvalue weighted by atomic mass is 14.7. The molecule has 0 saturated heterocycles. The fraction of sp³-hybridized carbons (Fsp3) is 0.286. The Morgan fingerprint density at radius 1 is 1.14 bits per heavy atom. The van der Waals surface area contributed by atoms with Crippen molar-refractivity contribution in [3.63, 3.8) is 0 Å². The fourth-order valence-corrected chi connectivity index (χ4v) is 3.04. The molecule has 0 atom stereocenters. The minimum Gasteiger partial charge on any atom is -0.293 e. The van der Waals surface area contributed by atoms with Gasteiger partial charge < -0.3 is 0 Å². The van der Waals surface area contributed by atoms with Gasteiger partial charge in [0.2, 0.25) is 0 Å². The summed E-state index contributed by atoms with van der Waals surface area (Å²) in [5.74, 6) is 0. The van der Waals surface area contributed by atoms with Gasteiger partial charge in [-0.3, -0.25) is 4.99 Å². The lowest BCUT2D eigenvalue weighted by Gasteiger charge is -2.12. The summed E-state index contributed by atoms with van der Waals surface area (Å²) in [7, 11) is 0. The number of hydrogen-bond acceptors (Lipinski definition) is 1. The van der Waals surface area contributed by atoms with Crippen LogP contribution in [0.15, 0.2) is 59.1 Å². The second-order valence-electron chi connectivity index (χ2n) is 5.90. The first-order chi connectivity index (χ1) is 10.8. The predicted molar refractivity (Wildman–Crippen MR) is 97.7 cm³/mol. The van der Waals surface area contributed by atoms with Gasteiger partial charge >= 0.3 is 0 Å². The van der Waals surface area contributed by atoms with Crippen molar-refractivity contribution in [2.45, 2.75) is 33.1 Å². The molecule has 3 rings (SSSR count). The maximum absolute atomic E-state index is 4.67. The average molecular weight is 289 g/mol. The van der Waals surface area contributed by atoms with Gasteiger partial charge in [-0.25, -0.2) is 0 Å². The van der Waals surface area contributed by atoms with E-state index in [0.29, 0.717) is 0 Å². The van der Waals surface area contributed by atoms with E-state index in [0.717, 1.165) is 19.4 Å². The van der Waals surface area contributed by atoms with Crippen molar-refractivity contribution in [2.24, 2.45) is 4.99 Å². The highest BCUT2D eigenvalue weighted by Crippen LogP contribution is 2.33. The highest BCUT2D eigenvalue weighted by molar-refractivity contribution is 6.05. The third-order valence-corrected chi connectivity index (χ3v) is 4.32. The summed E-state index contributed by atoms with van der Waals surface area (Å²) in [4.78, 5) is 4.67. The Kier molecular flexibility index (Phi) is 4.53. The predicted octanol–water partition coefficient (Wildman–Crippen LogP) is 5.79. The molecule has 0 unspecified atom stereocenters. The van der Waals surface area contributed by atoms with E-state index in [1.165, 1.54) is 39.5 Å². The number of hydrogen-bond donors (Lipinski definition) is 0. The molecule has 0 radical (unpaired) electrons. The van der Waals surface area contributed by atoms with Crippen LogP contribution in [0.5, 0.6) is 0 Å². The molecule has 22 heavy (non-hydrogen) atoms. The van der Waals surface area contributed by atoms with Gasteiger partial charge in [-0.05, 0) is 47.2 Å². The molecule has 0 aromatic heterocycles. The van der Waals surface area contributed by atoms with Crippen LogP contribution in [-0.4, -0.2) is 12.8 Å². The van der Waals surface area contributed by atoms with Crippen LogP contribution in [0.4, 0.5) is 0 Å². The summed E-state index contributed by atoms with van der Waals surface area (Å²) >= 11 is 0. The zero-order valence-electron chi connectivity index (χ0n) is 13.5. The Morgan fingerprint density at radius 3 is 2.77 bits per heavy atom. The van der Waals surface area contributed by atoms with Crippen molar-refractivity contribution in [3.05, 3.63) is 65.3 Å². The SMILES string of the molecule is CCCC/N=C/c1c(C2=C(C)C=CC2)ccc2ccccc12. The Labute approximate surface area is 133 Å². The summed E-state index contributed by atoms with van der Waals surface area (Å²) in [5.41, 5.74) is 5.41. The van der Waals surface area contributed by atoms with Crippen LogP contribution in [0, 0.1) is 0 Å². The number of aliphatic imine (C=N–C) groups is 1. The molecule has 0 spiro atoms. The van der Waals surface area contributed by atoms with Gasteiger partial charge in [-0.15, -0.1) is 0 Å². The molecular formula is C21H23N. The van der Waals surface area contributed by atoms with E-state index in [1.807, 2.05) is 0 Å². The van der Waals surface area contributed by atoms with Crippen LogP contribution in [0.1, 0.15) is 44.2 Å². The van der Waals surface area contributed by atoms with Crippen LogP contribution in [-0.2, 0) is 0 Å². The molecule has 0 heterocycles. The standard InChI is InChI=1S/C21H23N/c1-3-4-14-22-15-21-19-10-6-5-9-17(19)12-13-20(21)18-11-7-8-16(18)2/h5-10,12-13,15H,3-4,11,14H2,1-2H3/b22-15+. The molecule has 0 N–H and O–H groups in total. The summed E-state index contributed by atoms with van der Waals surface area (Å²) in [6.07, 6.45) is 9.93. The summed E-state index contributed by atoms with van der Waals surface area (Å²) in [6, 6.07) is 13.1. The average Bonchev–Trinajstić information content (AvgIpc) is 2.97. The first-order valence-electron chi connectivity index (χ1n) is 8.19. The van der Waals surface area contributed by atoms with Gasteiger partial charge in [-0.1, -0.05) is 61.9 Å². The number of rotatable bonds is 5. The maximum atomic E-state index is 4.67. The van der Waals surface area contributed by atoms with Crippen LogP contribution in [0.3, 0.4) is 0 Å². The van der Waals surface area contributed by atoms with Crippen LogP contribution < -0.4 is 0 Å². The molecule has 112 valence electrons. The van der Waals surface area contributed by atoms with Crippen LogP contribution in [0.25, 0.3) is 16.3 Å².